The summed E-state index contributed by atoms with van der Waals surface area (Å²) in [6, 6.07) is 0. The Kier molecular flexibility index (Phi) is 28.5. The van der Waals surface area contributed by atoms with Crippen LogP contribution in [0.1, 0.15) is 110 Å². The number of hydrogen-bond donors (Lipinski definition) is 1. The molecule has 0 unspecified atom stereocenters. The minimum atomic E-state index is 0.118. The maximum Gasteiger partial charge on any atom is 0.220 e. The Morgan fingerprint density at radius 2 is 1.12 bits per heavy atom. The number of ether oxygens (including phenoxy) is 3. The van der Waals surface area contributed by atoms with E-state index in [0.29, 0.717) is 59.2 Å². The lowest BCUT2D eigenvalue weighted by molar-refractivity contribution is -0.121. The third-order valence-corrected chi connectivity index (χ3v) is 5.72. The van der Waals surface area contributed by atoms with Gasteiger partial charge in [-0.1, -0.05) is 102 Å². The van der Waals surface area contributed by atoms with Crippen molar-refractivity contribution in [3.05, 3.63) is 10.4 Å². The molecule has 0 rings (SSSR count). The fourth-order valence-corrected chi connectivity index (χ4v) is 3.70. The second-order valence-corrected chi connectivity index (χ2v) is 8.84. The summed E-state index contributed by atoms with van der Waals surface area (Å²) < 4.78 is 16.0. The van der Waals surface area contributed by atoms with Crippen molar-refractivity contribution in [3.63, 3.8) is 0 Å². The van der Waals surface area contributed by atoms with Gasteiger partial charge in [-0.25, -0.2) is 0 Å². The van der Waals surface area contributed by atoms with Gasteiger partial charge < -0.3 is 19.5 Å². The van der Waals surface area contributed by atoms with E-state index < -0.39 is 0 Å². The van der Waals surface area contributed by atoms with Crippen molar-refractivity contribution in [1.29, 1.82) is 0 Å². The molecule has 0 heterocycles. The minimum absolute atomic E-state index is 0.118. The molecule has 0 aliphatic rings. The average Bonchev–Trinajstić information content (AvgIpc) is 2.84. The molecule has 0 bridgehead atoms. The van der Waals surface area contributed by atoms with E-state index in [4.69, 9.17) is 19.7 Å². The zero-order valence-electron chi connectivity index (χ0n) is 21.9. The molecular weight excluding hydrogens is 432 g/mol. The number of azide groups is 1. The molecule has 1 N–H and O–H groups in total. The van der Waals surface area contributed by atoms with Gasteiger partial charge in [0, 0.05) is 24.4 Å². The Labute approximate surface area is 208 Å². The Morgan fingerprint density at radius 1 is 0.676 bits per heavy atom. The fourth-order valence-electron chi connectivity index (χ4n) is 3.70. The standard InChI is InChI=1S/C26H52N4O4/c1-2-3-4-5-6-7-8-9-10-11-12-13-14-15-16-17-26(31)28-18-20-32-22-24-34-25-23-33-21-19-29-30-27/h2-25H2,1H3,(H,28,31). The van der Waals surface area contributed by atoms with Crippen LogP contribution in [0.2, 0.25) is 0 Å². The molecule has 8 heteroatoms. The Bertz CT molecular complexity index is 474. The highest BCUT2D eigenvalue weighted by atomic mass is 16.5. The number of nitrogens with zero attached hydrogens (tertiary/aromatic N) is 3. The predicted molar refractivity (Wildman–Crippen MR) is 139 cm³/mol. The van der Waals surface area contributed by atoms with E-state index in [1.165, 1.54) is 83.5 Å². The molecule has 0 saturated carbocycles. The van der Waals surface area contributed by atoms with E-state index in [-0.39, 0.29) is 5.91 Å². The predicted octanol–water partition coefficient (Wildman–Crippen LogP) is 6.72. The van der Waals surface area contributed by atoms with Gasteiger partial charge in [-0.3, -0.25) is 4.79 Å². The van der Waals surface area contributed by atoms with Crippen LogP contribution >= 0.6 is 0 Å². The Morgan fingerprint density at radius 3 is 1.62 bits per heavy atom. The summed E-state index contributed by atoms with van der Waals surface area (Å²) in [4.78, 5) is 14.5. The van der Waals surface area contributed by atoms with Gasteiger partial charge in [0.1, 0.15) is 0 Å². The van der Waals surface area contributed by atoms with Crippen LogP contribution in [0.4, 0.5) is 0 Å². The second kappa shape index (κ2) is 29.7. The van der Waals surface area contributed by atoms with Gasteiger partial charge in [-0.2, -0.15) is 0 Å². The molecule has 1 amide bonds. The minimum Gasteiger partial charge on any atom is -0.379 e. The maximum absolute atomic E-state index is 11.8. The lowest BCUT2D eigenvalue weighted by Crippen LogP contribution is -2.27. The number of amides is 1. The van der Waals surface area contributed by atoms with E-state index in [1.54, 1.807) is 0 Å². The van der Waals surface area contributed by atoms with Gasteiger partial charge in [-0.05, 0) is 12.0 Å². The molecule has 0 aliphatic carbocycles. The van der Waals surface area contributed by atoms with Crippen molar-refractivity contribution in [1.82, 2.24) is 5.32 Å². The van der Waals surface area contributed by atoms with Crippen molar-refractivity contribution in [2.75, 3.05) is 52.7 Å². The largest absolute Gasteiger partial charge is 0.379 e. The SMILES string of the molecule is CCCCCCCCCCCCCCCCCC(=O)NCCOCCOCCOCCN=[N+]=[N-]. The van der Waals surface area contributed by atoms with Crippen LogP contribution in [-0.2, 0) is 19.0 Å². The van der Waals surface area contributed by atoms with Gasteiger partial charge in [0.05, 0.1) is 39.6 Å². The highest BCUT2D eigenvalue weighted by molar-refractivity contribution is 5.75. The smallest absolute Gasteiger partial charge is 0.220 e. The zero-order chi connectivity index (χ0) is 24.8. The zero-order valence-corrected chi connectivity index (χ0v) is 21.9. The van der Waals surface area contributed by atoms with Crippen LogP contribution in [0.15, 0.2) is 5.11 Å². The van der Waals surface area contributed by atoms with Gasteiger partial charge in [0.2, 0.25) is 5.91 Å². The molecular formula is C26H52N4O4. The first-order chi connectivity index (χ1) is 16.8. The lowest BCUT2D eigenvalue weighted by Gasteiger charge is -2.08. The van der Waals surface area contributed by atoms with Crippen molar-refractivity contribution in [2.45, 2.75) is 110 Å². The number of hydrogen-bond acceptors (Lipinski definition) is 5. The van der Waals surface area contributed by atoms with Gasteiger partial charge in [-0.15, -0.1) is 0 Å². The first-order valence-electron chi connectivity index (χ1n) is 13.8. The van der Waals surface area contributed by atoms with Gasteiger partial charge >= 0.3 is 0 Å². The highest BCUT2D eigenvalue weighted by Gasteiger charge is 2.01. The summed E-state index contributed by atoms with van der Waals surface area (Å²) in [5.74, 6) is 0.118. The molecule has 0 aromatic carbocycles. The van der Waals surface area contributed by atoms with Crippen molar-refractivity contribution >= 4 is 5.91 Å². The van der Waals surface area contributed by atoms with E-state index in [9.17, 15) is 4.79 Å². The third-order valence-electron chi connectivity index (χ3n) is 5.72. The first kappa shape index (κ1) is 32.7. The van der Waals surface area contributed by atoms with E-state index in [2.05, 4.69) is 22.3 Å². The van der Waals surface area contributed by atoms with E-state index in [0.717, 1.165) is 12.8 Å². The molecule has 0 atom stereocenters. The number of carbonyl (C=O) groups is 1. The molecule has 0 saturated heterocycles. The monoisotopic (exact) mass is 484 g/mol. The van der Waals surface area contributed by atoms with Gasteiger partial charge in [0.15, 0.2) is 0 Å². The van der Waals surface area contributed by atoms with Crippen molar-refractivity contribution in [2.24, 2.45) is 5.11 Å². The van der Waals surface area contributed by atoms with Crippen molar-refractivity contribution in [3.8, 4) is 0 Å². The summed E-state index contributed by atoms with van der Waals surface area (Å²) >= 11 is 0. The van der Waals surface area contributed by atoms with Crippen LogP contribution in [0, 0.1) is 0 Å². The van der Waals surface area contributed by atoms with E-state index in [1.807, 2.05) is 0 Å². The molecule has 34 heavy (non-hydrogen) atoms. The molecule has 0 aromatic rings. The molecule has 8 nitrogen and oxygen atoms in total. The molecule has 0 spiro atoms. The van der Waals surface area contributed by atoms with Crippen LogP contribution in [0.5, 0.6) is 0 Å². The number of carbonyl (C=O) groups excluding carboxylic acids is 1. The summed E-state index contributed by atoms with van der Waals surface area (Å²) in [6.07, 6.45) is 20.6. The maximum atomic E-state index is 11.8. The molecule has 0 radical (unpaired) electrons. The summed E-state index contributed by atoms with van der Waals surface area (Å²) in [6.45, 7) is 5.99. The number of rotatable bonds is 28. The topological polar surface area (TPSA) is 106 Å². The van der Waals surface area contributed by atoms with Crippen LogP contribution in [0.3, 0.4) is 0 Å². The quantitative estimate of drug-likeness (QED) is 0.0575. The average molecular weight is 485 g/mol. The van der Waals surface area contributed by atoms with Crippen molar-refractivity contribution < 1.29 is 19.0 Å². The highest BCUT2D eigenvalue weighted by Crippen LogP contribution is 2.13. The van der Waals surface area contributed by atoms with Crippen LogP contribution < -0.4 is 5.32 Å². The summed E-state index contributed by atoms with van der Waals surface area (Å²) in [7, 11) is 0. The van der Waals surface area contributed by atoms with Gasteiger partial charge in [0.25, 0.3) is 0 Å². The molecule has 0 aromatic heterocycles. The third kappa shape index (κ3) is 28.7. The fraction of sp³-hybridized carbons (Fsp3) is 0.962. The Balaban J connectivity index is 3.15. The first-order valence-corrected chi connectivity index (χ1v) is 13.8. The lowest BCUT2D eigenvalue weighted by atomic mass is 10.0. The Hall–Kier alpha value is -1.34. The second-order valence-electron chi connectivity index (χ2n) is 8.84. The molecule has 200 valence electrons. The van der Waals surface area contributed by atoms with Crippen LogP contribution in [-0.4, -0.2) is 58.6 Å². The van der Waals surface area contributed by atoms with E-state index >= 15 is 0 Å². The number of unbranched alkanes of at least 4 members (excludes halogenated alkanes) is 14. The summed E-state index contributed by atoms with van der Waals surface area (Å²) in [5, 5.41) is 6.28. The molecule has 0 aliphatic heterocycles. The molecule has 0 fully saturated rings. The normalized spacial score (nSPS) is 10.9. The number of nitrogens with one attached hydrogen (secondary N) is 1. The van der Waals surface area contributed by atoms with Crippen LogP contribution in [0.25, 0.3) is 10.4 Å². The summed E-state index contributed by atoms with van der Waals surface area (Å²) in [5.41, 5.74) is 8.12.